The molecule has 0 saturated carbocycles. The molecule has 0 atom stereocenters. The van der Waals surface area contributed by atoms with Crippen molar-refractivity contribution in [3.63, 3.8) is 0 Å². The van der Waals surface area contributed by atoms with E-state index >= 15 is 0 Å². The van der Waals surface area contributed by atoms with Gasteiger partial charge in [-0.15, -0.1) is 0 Å². The van der Waals surface area contributed by atoms with Crippen LogP contribution < -0.4 is 0 Å². The average Bonchev–Trinajstić information content (AvgIpc) is 2.38. The SMILES string of the molecule is COP(=O)(OC)N1CCCCCCCCCCC1. The first-order valence-corrected chi connectivity index (χ1v) is 8.69. The summed E-state index contributed by atoms with van der Waals surface area (Å²) >= 11 is 0. The summed E-state index contributed by atoms with van der Waals surface area (Å²) in [7, 11) is -0.0835. The second-order valence-electron chi connectivity index (χ2n) is 4.97. The van der Waals surface area contributed by atoms with E-state index in [0.29, 0.717) is 0 Å². The Kier molecular flexibility index (Phi) is 8.16. The molecule has 0 amide bonds. The van der Waals surface area contributed by atoms with Crippen LogP contribution in [0.25, 0.3) is 0 Å². The number of rotatable bonds is 3. The van der Waals surface area contributed by atoms with Crippen LogP contribution in [0.5, 0.6) is 0 Å². The van der Waals surface area contributed by atoms with Crippen LogP contribution in [0.3, 0.4) is 0 Å². The van der Waals surface area contributed by atoms with Gasteiger partial charge in [-0.2, -0.15) is 0 Å². The molecule has 1 heterocycles. The first-order chi connectivity index (χ1) is 8.73. The van der Waals surface area contributed by atoms with Gasteiger partial charge in [0, 0.05) is 27.3 Å². The van der Waals surface area contributed by atoms with E-state index in [9.17, 15) is 4.57 Å². The van der Waals surface area contributed by atoms with Crippen molar-refractivity contribution in [3.05, 3.63) is 0 Å². The van der Waals surface area contributed by atoms with Crippen LogP contribution in [0.15, 0.2) is 0 Å². The fourth-order valence-corrected chi connectivity index (χ4v) is 3.87. The fourth-order valence-electron chi connectivity index (χ4n) is 2.49. The molecule has 18 heavy (non-hydrogen) atoms. The highest BCUT2D eigenvalue weighted by Gasteiger charge is 2.30. The Labute approximate surface area is 112 Å². The van der Waals surface area contributed by atoms with Crippen molar-refractivity contribution in [2.45, 2.75) is 57.8 Å². The Morgan fingerprint density at radius 2 is 1.06 bits per heavy atom. The maximum absolute atomic E-state index is 12.4. The molecule has 1 aliphatic rings. The maximum Gasteiger partial charge on any atom is 0.407 e. The van der Waals surface area contributed by atoms with Crippen LogP contribution in [-0.4, -0.2) is 32.0 Å². The highest BCUT2D eigenvalue weighted by Crippen LogP contribution is 2.50. The van der Waals surface area contributed by atoms with Crippen molar-refractivity contribution in [2.24, 2.45) is 0 Å². The van der Waals surface area contributed by atoms with E-state index in [1.807, 2.05) is 4.67 Å². The largest absolute Gasteiger partial charge is 0.407 e. The Hall–Kier alpha value is 0.110. The summed E-state index contributed by atoms with van der Waals surface area (Å²) in [5, 5.41) is 0. The van der Waals surface area contributed by atoms with Gasteiger partial charge in [0.25, 0.3) is 0 Å². The zero-order valence-electron chi connectivity index (χ0n) is 11.9. The van der Waals surface area contributed by atoms with E-state index in [2.05, 4.69) is 0 Å². The van der Waals surface area contributed by atoms with E-state index < -0.39 is 7.75 Å². The molecule has 1 rings (SSSR count). The minimum absolute atomic E-state index is 0.818. The molecule has 1 aliphatic heterocycles. The van der Waals surface area contributed by atoms with Crippen molar-refractivity contribution in [2.75, 3.05) is 27.3 Å². The van der Waals surface area contributed by atoms with Gasteiger partial charge in [-0.3, -0.25) is 9.05 Å². The van der Waals surface area contributed by atoms with E-state index in [1.54, 1.807) is 0 Å². The van der Waals surface area contributed by atoms with E-state index in [0.717, 1.165) is 25.9 Å². The number of hydrogen-bond acceptors (Lipinski definition) is 3. The molecule has 0 radical (unpaired) electrons. The van der Waals surface area contributed by atoms with Crippen LogP contribution in [0.4, 0.5) is 0 Å². The zero-order valence-corrected chi connectivity index (χ0v) is 12.8. The molecule has 108 valence electrons. The van der Waals surface area contributed by atoms with Crippen molar-refractivity contribution in [3.8, 4) is 0 Å². The summed E-state index contributed by atoms with van der Waals surface area (Å²) < 4.78 is 24.5. The zero-order chi connectivity index (χ0) is 13.3. The average molecular weight is 277 g/mol. The first kappa shape index (κ1) is 16.2. The van der Waals surface area contributed by atoms with Gasteiger partial charge < -0.3 is 0 Å². The van der Waals surface area contributed by atoms with Crippen LogP contribution in [0.1, 0.15) is 57.8 Å². The van der Waals surface area contributed by atoms with Gasteiger partial charge in [-0.1, -0.05) is 44.9 Å². The molecular formula is C13H28NO3P. The Morgan fingerprint density at radius 3 is 1.39 bits per heavy atom. The highest BCUT2D eigenvalue weighted by molar-refractivity contribution is 7.51. The molecule has 5 heteroatoms. The van der Waals surface area contributed by atoms with Gasteiger partial charge in [0.1, 0.15) is 0 Å². The molecule has 0 bridgehead atoms. The Morgan fingerprint density at radius 1 is 0.722 bits per heavy atom. The summed E-state index contributed by atoms with van der Waals surface area (Å²) in [6.45, 7) is 1.64. The van der Waals surface area contributed by atoms with Gasteiger partial charge >= 0.3 is 7.75 Å². The molecule has 0 aromatic rings. The van der Waals surface area contributed by atoms with Gasteiger partial charge in [0.2, 0.25) is 0 Å². The number of nitrogens with zero attached hydrogens (tertiary/aromatic N) is 1. The van der Waals surface area contributed by atoms with Gasteiger partial charge in [0.05, 0.1) is 0 Å². The topological polar surface area (TPSA) is 38.8 Å². The van der Waals surface area contributed by atoms with Crippen molar-refractivity contribution in [1.29, 1.82) is 0 Å². The Balaban J connectivity index is 2.53. The molecule has 1 saturated heterocycles. The predicted molar refractivity (Wildman–Crippen MR) is 74.8 cm³/mol. The summed E-state index contributed by atoms with van der Waals surface area (Å²) in [4.78, 5) is 0. The normalized spacial score (nSPS) is 22.1. The third-order valence-corrected chi connectivity index (χ3v) is 5.66. The predicted octanol–water partition coefficient (Wildman–Crippen LogP) is 4.21. The molecule has 4 nitrogen and oxygen atoms in total. The van der Waals surface area contributed by atoms with E-state index in [4.69, 9.17) is 9.05 Å². The number of hydrogen-bond donors (Lipinski definition) is 0. The fraction of sp³-hybridized carbons (Fsp3) is 1.00. The first-order valence-electron chi connectivity index (χ1n) is 7.20. The van der Waals surface area contributed by atoms with Crippen LogP contribution in [0.2, 0.25) is 0 Å². The van der Waals surface area contributed by atoms with Crippen molar-refractivity contribution >= 4 is 7.75 Å². The minimum Gasteiger partial charge on any atom is -0.300 e. The summed E-state index contributed by atoms with van der Waals surface area (Å²) in [5.41, 5.74) is 0. The van der Waals surface area contributed by atoms with Crippen LogP contribution in [0, 0.1) is 0 Å². The van der Waals surface area contributed by atoms with E-state index in [1.165, 1.54) is 59.2 Å². The third kappa shape index (κ3) is 5.40. The molecule has 0 aromatic heterocycles. The van der Waals surface area contributed by atoms with Gasteiger partial charge in [0.15, 0.2) is 0 Å². The summed E-state index contributed by atoms with van der Waals surface area (Å²) in [6.07, 6.45) is 11.2. The molecule has 0 aliphatic carbocycles. The molecule has 0 aromatic carbocycles. The standard InChI is InChI=1S/C13H28NO3P/c1-16-18(15,17-2)14-12-10-8-6-4-3-5-7-9-11-13-14/h3-13H2,1-2H3. The van der Waals surface area contributed by atoms with Crippen molar-refractivity contribution < 1.29 is 13.6 Å². The summed E-state index contributed by atoms with van der Waals surface area (Å²) in [6, 6.07) is 0. The minimum atomic E-state index is -3.03. The lowest BCUT2D eigenvalue weighted by atomic mass is 10.1. The highest BCUT2D eigenvalue weighted by atomic mass is 31.2. The van der Waals surface area contributed by atoms with Crippen molar-refractivity contribution in [1.82, 2.24) is 4.67 Å². The monoisotopic (exact) mass is 277 g/mol. The van der Waals surface area contributed by atoms with Gasteiger partial charge in [-0.05, 0) is 12.8 Å². The second kappa shape index (κ2) is 9.08. The smallest absolute Gasteiger partial charge is 0.300 e. The lowest BCUT2D eigenvalue weighted by Gasteiger charge is -2.28. The Bertz CT molecular complexity index is 241. The maximum atomic E-state index is 12.4. The summed E-state index contributed by atoms with van der Waals surface area (Å²) in [5.74, 6) is 0. The molecule has 0 spiro atoms. The quantitative estimate of drug-likeness (QED) is 0.724. The van der Waals surface area contributed by atoms with Crippen LogP contribution in [-0.2, 0) is 13.6 Å². The lowest BCUT2D eigenvalue weighted by Crippen LogP contribution is -2.24. The molecule has 0 unspecified atom stereocenters. The third-order valence-electron chi connectivity index (χ3n) is 3.64. The molecule has 1 fully saturated rings. The van der Waals surface area contributed by atoms with E-state index in [-0.39, 0.29) is 0 Å². The molecule has 0 N–H and O–H groups in total. The second-order valence-corrected chi connectivity index (χ2v) is 7.20. The van der Waals surface area contributed by atoms with Gasteiger partial charge in [-0.25, -0.2) is 9.24 Å². The molecular weight excluding hydrogens is 249 g/mol. The lowest BCUT2D eigenvalue weighted by molar-refractivity contribution is 0.203. The van der Waals surface area contributed by atoms with Crippen LogP contribution >= 0.6 is 7.75 Å².